The zero-order valence-electron chi connectivity index (χ0n) is 35.3. The molecule has 3 fully saturated rings. The van der Waals surface area contributed by atoms with Gasteiger partial charge in [0.2, 0.25) is 0 Å². The number of rotatable bonds is 12. The molecule has 4 aliphatic rings. The van der Waals surface area contributed by atoms with Gasteiger partial charge >= 0.3 is 0 Å². The second-order valence-corrected chi connectivity index (χ2v) is 22.7. The highest BCUT2D eigenvalue weighted by atomic mass is 35.5. The normalized spacial score (nSPS) is 23.4. The lowest BCUT2D eigenvalue weighted by Gasteiger charge is -2.39. The fraction of sp³-hybridized carbons (Fsp3) is 0.404. The summed E-state index contributed by atoms with van der Waals surface area (Å²) in [5.74, 6) is 0.581. The molecular weight excluding hydrogens is 806 g/mol. The van der Waals surface area contributed by atoms with Crippen LogP contribution in [-0.4, -0.2) is 85.1 Å². The van der Waals surface area contributed by atoms with E-state index < -0.39 is 19.2 Å². The molecule has 9 rings (SSSR count). The van der Waals surface area contributed by atoms with Gasteiger partial charge in [0.25, 0.3) is 11.8 Å². The van der Waals surface area contributed by atoms with Crippen LogP contribution in [0.3, 0.4) is 0 Å². The third kappa shape index (κ3) is 7.04. The van der Waals surface area contributed by atoms with Gasteiger partial charge < -0.3 is 29.7 Å². The van der Waals surface area contributed by atoms with Crippen molar-refractivity contribution in [2.24, 2.45) is 5.92 Å². The van der Waals surface area contributed by atoms with Gasteiger partial charge in [0, 0.05) is 53.6 Å². The molecule has 2 amide bonds. The lowest BCUT2D eigenvalue weighted by Crippen LogP contribution is -2.55. The van der Waals surface area contributed by atoms with Crippen molar-refractivity contribution in [2.45, 2.75) is 81.6 Å². The van der Waals surface area contributed by atoms with E-state index >= 15 is 4.79 Å². The Morgan fingerprint density at radius 3 is 2.44 bits per heavy atom. The number of hydrogen-bond acceptors (Lipinski definition) is 9. The molecule has 318 valence electrons. The second kappa shape index (κ2) is 16.3. The van der Waals surface area contributed by atoms with Crippen LogP contribution in [-0.2, 0) is 39.4 Å². The molecular formula is C47H54ClN7O5Si. The average molecular weight is 861 g/mol. The summed E-state index contributed by atoms with van der Waals surface area (Å²) in [7, 11) is -0.719. The van der Waals surface area contributed by atoms with Crippen LogP contribution in [0.25, 0.3) is 0 Å². The number of para-hydroxylation sites is 1. The number of amides is 2. The number of fused-ring (bicyclic) bond motifs is 2. The van der Waals surface area contributed by atoms with E-state index in [1.807, 2.05) is 82.7 Å². The summed E-state index contributed by atoms with van der Waals surface area (Å²) in [6.45, 7) is 9.75. The first kappa shape index (κ1) is 41.3. The SMILES string of the molecule is COc1ccc([Si](C)(C)[C@@H]2[C@@H](CCn3cc(CCO)nn3)O[C@]3(C(=O)N(Cc4cccc(N5CN(c6ccccc6)C6(CCNCC6)C5=O)c4)c4ccc(Cl)cc43)[C@H]2C)cc1. The van der Waals surface area contributed by atoms with Gasteiger partial charge in [-0.25, -0.2) is 0 Å². The third-order valence-electron chi connectivity index (χ3n) is 13.9. The van der Waals surface area contributed by atoms with E-state index in [4.69, 9.17) is 21.1 Å². The predicted octanol–water partition coefficient (Wildman–Crippen LogP) is 6.26. The molecule has 4 aliphatic heterocycles. The molecule has 1 aromatic heterocycles. The first-order valence-electron chi connectivity index (χ1n) is 21.4. The van der Waals surface area contributed by atoms with Crippen LogP contribution in [0.2, 0.25) is 23.7 Å². The fourth-order valence-electron chi connectivity index (χ4n) is 10.8. The highest BCUT2D eigenvalue weighted by molar-refractivity contribution is 6.91. The summed E-state index contributed by atoms with van der Waals surface area (Å²) in [5.41, 5.74) is 3.16. The Bertz CT molecular complexity index is 2410. The van der Waals surface area contributed by atoms with E-state index in [1.54, 1.807) is 11.8 Å². The summed E-state index contributed by atoms with van der Waals surface area (Å²) in [4.78, 5) is 36.1. The van der Waals surface area contributed by atoms with Gasteiger partial charge in [-0.1, -0.05) is 84.5 Å². The number of piperidine rings is 1. The number of nitrogens with one attached hydrogen (secondary N) is 1. The number of aromatic nitrogens is 3. The maximum Gasteiger partial charge on any atom is 0.264 e. The van der Waals surface area contributed by atoms with Crippen molar-refractivity contribution in [3.63, 3.8) is 0 Å². The number of anilines is 3. The average Bonchev–Trinajstić information content (AvgIpc) is 3.99. The van der Waals surface area contributed by atoms with Crippen molar-refractivity contribution in [2.75, 3.05) is 48.2 Å². The zero-order valence-corrected chi connectivity index (χ0v) is 37.0. The summed E-state index contributed by atoms with van der Waals surface area (Å²) >= 11 is 6.80. The maximum atomic E-state index is 15.5. The highest BCUT2D eigenvalue weighted by Crippen LogP contribution is 2.60. The highest BCUT2D eigenvalue weighted by Gasteiger charge is 2.66. The molecule has 0 aliphatic carbocycles. The standard InChI is InChI=1S/C47H54ClN7O5Si/c1-32-43(61(3,4)39-16-14-38(59-2)15-17-39)42(19-25-52-30-35(20-26-56)50-51-52)60-47(32)40-28-34(48)13-18-41(40)53(45(47)58)29-33-9-8-12-37(27-33)54-31-55(36-10-6-5-7-11-36)46(44(54)57)21-23-49-24-22-46/h5-18,27-28,30,32,42-43,49,56H,19-26,29,31H2,1-4H3/t32-,42+,43-,47+/m0/s1. The lowest BCUT2D eigenvalue weighted by atomic mass is 9.82. The number of nitrogens with zero attached hydrogens (tertiary/aromatic N) is 6. The quantitative estimate of drug-likeness (QED) is 0.140. The minimum atomic E-state index is -2.39. The third-order valence-corrected chi connectivity index (χ3v) is 18.5. The molecule has 4 aromatic carbocycles. The summed E-state index contributed by atoms with van der Waals surface area (Å²) in [5, 5.41) is 23.3. The summed E-state index contributed by atoms with van der Waals surface area (Å²) < 4.78 is 14.7. The molecule has 2 N–H and O–H groups in total. The molecule has 3 saturated heterocycles. The van der Waals surface area contributed by atoms with Crippen LogP contribution in [0, 0.1) is 5.92 Å². The topological polar surface area (TPSA) is 125 Å². The fourth-order valence-corrected chi connectivity index (χ4v) is 15.1. The number of aliphatic hydroxyl groups excluding tert-OH is 1. The van der Waals surface area contributed by atoms with Crippen molar-refractivity contribution < 1.29 is 24.2 Å². The number of carbonyl (C=O) groups excluding carboxylic acids is 2. The van der Waals surface area contributed by atoms with Gasteiger partial charge in [0.1, 0.15) is 11.3 Å². The molecule has 0 saturated carbocycles. The van der Waals surface area contributed by atoms with Crippen LogP contribution in [0.1, 0.15) is 43.0 Å². The molecule has 0 unspecified atom stereocenters. The molecule has 14 heteroatoms. The summed E-state index contributed by atoms with van der Waals surface area (Å²) in [6.07, 6.45) is 4.07. The number of aliphatic hydroxyl groups is 1. The summed E-state index contributed by atoms with van der Waals surface area (Å²) in [6, 6.07) is 32.3. The number of benzene rings is 4. The Kier molecular flexibility index (Phi) is 11.1. The zero-order chi connectivity index (χ0) is 42.5. The molecule has 12 nitrogen and oxygen atoms in total. The number of hydrogen-bond donors (Lipinski definition) is 2. The molecule has 5 aromatic rings. The van der Waals surface area contributed by atoms with Gasteiger partial charge in [-0.15, -0.1) is 5.10 Å². The van der Waals surface area contributed by atoms with Crippen LogP contribution in [0.4, 0.5) is 17.1 Å². The van der Waals surface area contributed by atoms with E-state index in [0.29, 0.717) is 37.6 Å². The van der Waals surface area contributed by atoms with E-state index in [-0.39, 0.29) is 36.0 Å². The van der Waals surface area contributed by atoms with Crippen molar-refractivity contribution in [3.05, 3.63) is 125 Å². The van der Waals surface area contributed by atoms with Gasteiger partial charge in [0.05, 0.1) is 45.9 Å². The van der Waals surface area contributed by atoms with Gasteiger partial charge in [-0.3, -0.25) is 19.2 Å². The van der Waals surface area contributed by atoms with Crippen molar-refractivity contribution in [1.82, 2.24) is 20.3 Å². The molecule has 4 atom stereocenters. The smallest absolute Gasteiger partial charge is 0.264 e. The molecule has 5 heterocycles. The minimum absolute atomic E-state index is 0.000914. The van der Waals surface area contributed by atoms with Gasteiger partial charge in [-0.2, -0.15) is 0 Å². The number of halogens is 1. The number of methoxy groups -OCH3 is 1. The number of ether oxygens (including phenoxy) is 2. The van der Waals surface area contributed by atoms with Crippen molar-refractivity contribution >= 4 is 53.7 Å². The van der Waals surface area contributed by atoms with Gasteiger partial charge in [0.15, 0.2) is 5.60 Å². The first-order chi connectivity index (χ1) is 29.5. The number of carbonyl (C=O) groups is 2. The van der Waals surface area contributed by atoms with Crippen molar-refractivity contribution in [1.29, 1.82) is 0 Å². The Morgan fingerprint density at radius 1 is 0.951 bits per heavy atom. The molecule has 0 radical (unpaired) electrons. The van der Waals surface area contributed by atoms with Crippen LogP contribution < -0.4 is 29.9 Å². The Labute approximate surface area is 363 Å². The first-order valence-corrected chi connectivity index (χ1v) is 24.8. The van der Waals surface area contributed by atoms with Gasteiger partial charge in [-0.05, 0) is 98.1 Å². The largest absolute Gasteiger partial charge is 0.497 e. The van der Waals surface area contributed by atoms with Crippen LogP contribution in [0.5, 0.6) is 5.75 Å². The Hall–Kier alpha value is -5.05. The van der Waals surface area contributed by atoms with E-state index in [2.05, 4.69) is 70.9 Å². The maximum absolute atomic E-state index is 15.5. The van der Waals surface area contributed by atoms with Crippen molar-refractivity contribution in [3.8, 4) is 5.75 Å². The monoisotopic (exact) mass is 859 g/mol. The minimum Gasteiger partial charge on any atom is -0.497 e. The molecule has 2 spiro atoms. The van der Waals surface area contributed by atoms with E-state index in [0.717, 1.165) is 65.6 Å². The molecule has 0 bridgehead atoms. The second-order valence-electron chi connectivity index (χ2n) is 17.5. The Morgan fingerprint density at radius 2 is 1.70 bits per heavy atom. The molecule has 61 heavy (non-hydrogen) atoms. The predicted molar refractivity (Wildman–Crippen MR) is 240 cm³/mol. The van der Waals surface area contributed by atoms with E-state index in [9.17, 15) is 9.90 Å². The lowest BCUT2D eigenvalue weighted by molar-refractivity contribution is -0.146. The Balaban J connectivity index is 1.05. The van der Waals surface area contributed by atoms with Crippen LogP contribution in [0.15, 0.2) is 103 Å². The van der Waals surface area contributed by atoms with Crippen LogP contribution >= 0.6 is 11.6 Å². The van der Waals surface area contributed by atoms with E-state index in [1.165, 1.54) is 5.19 Å². The number of aryl methyl sites for hydroxylation is 1.